The molecule has 0 atom stereocenters. The van der Waals surface area contributed by atoms with E-state index in [0.29, 0.717) is 16.6 Å². The summed E-state index contributed by atoms with van der Waals surface area (Å²) in [4.78, 5) is 25.2. The van der Waals surface area contributed by atoms with Crippen LogP contribution in [0.15, 0.2) is 54.7 Å². The molecule has 5 nitrogen and oxygen atoms in total. The van der Waals surface area contributed by atoms with Crippen molar-refractivity contribution in [1.82, 2.24) is 4.98 Å². The summed E-state index contributed by atoms with van der Waals surface area (Å²) in [6.45, 7) is 9.44. The van der Waals surface area contributed by atoms with Gasteiger partial charge in [-0.3, -0.25) is 9.69 Å². The number of amides is 1. The minimum atomic E-state index is -0.619. The van der Waals surface area contributed by atoms with Gasteiger partial charge < -0.3 is 9.74 Å². The second-order valence-electron chi connectivity index (χ2n) is 7.60. The van der Waals surface area contributed by atoms with Crippen molar-refractivity contribution in [3.63, 3.8) is 0 Å². The van der Waals surface area contributed by atoms with Crippen LogP contribution in [0.2, 0.25) is 0 Å². The highest BCUT2D eigenvalue weighted by Crippen LogP contribution is 2.48. The highest BCUT2D eigenvalue weighted by Gasteiger charge is 2.59. The number of fused-ring (bicyclic) bond motifs is 1. The van der Waals surface area contributed by atoms with E-state index >= 15 is 0 Å². The van der Waals surface area contributed by atoms with E-state index in [2.05, 4.69) is 9.83 Å². The molecule has 0 bridgehead atoms. The fourth-order valence-electron chi connectivity index (χ4n) is 4.32. The Morgan fingerprint density at radius 3 is 2.41 bits per heavy atom. The fourth-order valence-corrected chi connectivity index (χ4v) is 4.78. The number of pyridine rings is 1. The van der Waals surface area contributed by atoms with E-state index in [4.69, 9.17) is 18.8 Å². The summed E-state index contributed by atoms with van der Waals surface area (Å²) in [5.74, 6) is 0.326. The van der Waals surface area contributed by atoms with Gasteiger partial charge in [0.15, 0.2) is 5.11 Å². The van der Waals surface area contributed by atoms with Crippen LogP contribution in [0, 0.1) is 13.5 Å². The highest BCUT2D eigenvalue weighted by molar-refractivity contribution is 7.81. The Kier molecular flexibility index (Phi) is 3.90. The average molecular weight is 398 g/mol. The second kappa shape index (κ2) is 6.36. The Morgan fingerprint density at radius 2 is 1.79 bits per heavy atom. The van der Waals surface area contributed by atoms with Gasteiger partial charge in [0.1, 0.15) is 11.7 Å². The van der Waals surface area contributed by atoms with Gasteiger partial charge in [0.05, 0.1) is 5.69 Å². The fraction of sp³-hybridized carbons (Fsp3) is 0.217. The predicted octanol–water partition coefficient (Wildman–Crippen LogP) is 5.15. The standard InChI is InChI=1S/C23H18N4OS/c1-15-8-10-16(11-9-15)27-22(29)26(21(28)23(27)12-5-13-23)19-14-25-20(24-2)18-7-4-3-6-17(18)19/h3-4,6-11,14H,5,12-13H2,1H3. The van der Waals surface area contributed by atoms with Crippen LogP contribution >= 0.6 is 12.2 Å². The summed E-state index contributed by atoms with van der Waals surface area (Å²) in [6.07, 6.45) is 4.16. The van der Waals surface area contributed by atoms with Crippen molar-refractivity contribution in [1.29, 1.82) is 0 Å². The van der Waals surface area contributed by atoms with Gasteiger partial charge in [-0.25, -0.2) is 0 Å². The highest BCUT2D eigenvalue weighted by atomic mass is 32.1. The number of carbonyl (C=O) groups excluding carboxylic acids is 1. The van der Waals surface area contributed by atoms with Crippen molar-refractivity contribution in [2.75, 3.05) is 9.80 Å². The van der Waals surface area contributed by atoms with Crippen LogP contribution in [0.4, 0.5) is 17.2 Å². The zero-order valence-electron chi connectivity index (χ0n) is 15.9. The van der Waals surface area contributed by atoms with E-state index < -0.39 is 5.54 Å². The van der Waals surface area contributed by atoms with Crippen molar-refractivity contribution < 1.29 is 4.79 Å². The minimum Gasteiger partial charge on any atom is -0.360 e. The molecule has 2 aromatic carbocycles. The van der Waals surface area contributed by atoms with Crippen LogP contribution in [-0.4, -0.2) is 21.5 Å². The zero-order valence-corrected chi connectivity index (χ0v) is 16.7. The van der Waals surface area contributed by atoms with E-state index in [1.807, 2.05) is 60.4 Å². The molecule has 0 radical (unpaired) electrons. The van der Waals surface area contributed by atoms with Crippen LogP contribution in [0.3, 0.4) is 0 Å². The summed E-state index contributed by atoms with van der Waals surface area (Å²) >= 11 is 5.85. The number of aromatic nitrogens is 1. The number of hydrogen-bond acceptors (Lipinski definition) is 3. The molecule has 2 aliphatic rings. The smallest absolute Gasteiger partial charge is 0.277 e. The van der Waals surface area contributed by atoms with E-state index in [1.165, 1.54) is 0 Å². The van der Waals surface area contributed by atoms with Gasteiger partial charge in [-0.2, -0.15) is 0 Å². The quantitative estimate of drug-likeness (QED) is 0.442. The lowest BCUT2D eigenvalue weighted by Crippen LogP contribution is -2.55. The number of benzene rings is 2. The van der Waals surface area contributed by atoms with Crippen LogP contribution in [0.25, 0.3) is 15.6 Å². The zero-order chi connectivity index (χ0) is 20.2. The summed E-state index contributed by atoms with van der Waals surface area (Å²) in [7, 11) is 0. The van der Waals surface area contributed by atoms with Gasteiger partial charge in [-0.05, 0) is 50.5 Å². The molecule has 2 heterocycles. The number of aryl methyl sites for hydroxylation is 1. The van der Waals surface area contributed by atoms with Gasteiger partial charge >= 0.3 is 0 Å². The molecule has 2 fully saturated rings. The van der Waals surface area contributed by atoms with Gasteiger partial charge in [0.25, 0.3) is 11.7 Å². The summed E-state index contributed by atoms with van der Waals surface area (Å²) in [5.41, 5.74) is 2.12. The van der Waals surface area contributed by atoms with Crippen LogP contribution in [0.1, 0.15) is 24.8 Å². The Hall–Kier alpha value is -3.30. The molecule has 6 heteroatoms. The lowest BCUT2D eigenvalue weighted by Gasteiger charge is -2.43. The molecule has 5 rings (SSSR count). The number of rotatable bonds is 2. The normalized spacial score (nSPS) is 17.7. The number of thiocarbonyl (C=S) groups is 1. The third-order valence-electron chi connectivity index (χ3n) is 5.98. The lowest BCUT2D eigenvalue weighted by atomic mass is 9.75. The summed E-state index contributed by atoms with van der Waals surface area (Å²) < 4.78 is 0. The van der Waals surface area contributed by atoms with Crippen molar-refractivity contribution in [3.8, 4) is 0 Å². The topological polar surface area (TPSA) is 40.8 Å². The number of carbonyl (C=O) groups is 1. The van der Waals surface area contributed by atoms with Crippen molar-refractivity contribution in [2.24, 2.45) is 0 Å². The first kappa shape index (κ1) is 17.8. The van der Waals surface area contributed by atoms with E-state index in [9.17, 15) is 4.79 Å². The second-order valence-corrected chi connectivity index (χ2v) is 7.97. The Labute approximate surface area is 174 Å². The van der Waals surface area contributed by atoms with Crippen molar-refractivity contribution in [2.45, 2.75) is 31.7 Å². The number of nitrogens with zero attached hydrogens (tertiary/aromatic N) is 4. The molecule has 1 aliphatic carbocycles. The minimum absolute atomic E-state index is 0.00293. The van der Waals surface area contributed by atoms with Gasteiger partial charge in [0, 0.05) is 16.5 Å². The summed E-state index contributed by atoms with van der Waals surface area (Å²) in [6, 6.07) is 15.7. The predicted molar refractivity (Wildman–Crippen MR) is 118 cm³/mol. The molecule has 1 aliphatic heterocycles. The van der Waals surface area contributed by atoms with Gasteiger partial charge in [-0.1, -0.05) is 48.5 Å². The summed E-state index contributed by atoms with van der Waals surface area (Å²) in [5, 5.41) is 2.01. The maximum atomic E-state index is 13.7. The van der Waals surface area contributed by atoms with Crippen LogP contribution < -0.4 is 9.80 Å². The van der Waals surface area contributed by atoms with E-state index in [1.54, 1.807) is 11.1 Å². The molecule has 0 N–H and O–H groups in total. The molecule has 1 saturated carbocycles. The first-order valence-corrected chi connectivity index (χ1v) is 9.98. The molecule has 1 amide bonds. The van der Waals surface area contributed by atoms with E-state index in [0.717, 1.165) is 41.3 Å². The maximum absolute atomic E-state index is 13.7. The van der Waals surface area contributed by atoms with Crippen LogP contribution in [0.5, 0.6) is 0 Å². The molecule has 29 heavy (non-hydrogen) atoms. The largest absolute Gasteiger partial charge is 0.360 e. The Morgan fingerprint density at radius 1 is 1.10 bits per heavy atom. The molecule has 142 valence electrons. The molecule has 0 unspecified atom stereocenters. The first-order valence-electron chi connectivity index (χ1n) is 9.57. The Bertz CT molecular complexity index is 1210. The van der Waals surface area contributed by atoms with E-state index in [-0.39, 0.29) is 5.91 Å². The van der Waals surface area contributed by atoms with Crippen molar-refractivity contribution in [3.05, 3.63) is 71.7 Å². The van der Waals surface area contributed by atoms with Crippen molar-refractivity contribution >= 4 is 51.2 Å². The first-order chi connectivity index (χ1) is 14.1. The molecule has 3 aromatic rings. The molecule has 1 aromatic heterocycles. The lowest BCUT2D eigenvalue weighted by molar-refractivity contribution is -0.123. The number of anilines is 2. The molecular weight excluding hydrogens is 380 g/mol. The average Bonchev–Trinajstić information content (AvgIpc) is 2.95. The monoisotopic (exact) mass is 398 g/mol. The number of hydrogen-bond donors (Lipinski definition) is 0. The maximum Gasteiger partial charge on any atom is 0.277 e. The third-order valence-corrected chi connectivity index (χ3v) is 6.35. The third kappa shape index (κ3) is 2.41. The molecule has 1 spiro atoms. The SMILES string of the molecule is [C-]#[N+]c1ncc(N2C(=O)C3(CCC3)N(c3ccc(C)cc3)C2=S)c2ccccc12. The van der Waals surface area contributed by atoms with Gasteiger partial charge in [0.2, 0.25) is 0 Å². The molecular formula is C23H18N4OS. The Balaban J connectivity index is 1.69. The van der Waals surface area contributed by atoms with Crippen LogP contribution in [-0.2, 0) is 4.79 Å². The molecule has 1 saturated heterocycles. The van der Waals surface area contributed by atoms with Gasteiger partial charge in [-0.15, -0.1) is 4.98 Å².